The van der Waals surface area contributed by atoms with Crippen molar-refractivity contribution in [2.24, 2.45) is 7.05 Å². The van der Waals surface area contributed by atoms with Crippen molar-refractivity contribution in [3.8, 4) is 0 Å². The largest absolute Gasteiger partial charge is 0.481 e. The molecule has 0 radical (unpaired) electrons. The molecule has 4 aromatic rings. The lowest BCUT2D eigenvalue weighted by Gasteiger charge is -2.02. The summed E-state index contributed by atoms with van der Waals surface area (Å²) in [5, 5.41) is 22.5. The highest BCUT2D eigenvalue weighted by Gasteiger charge is 2.18. The van der Waals surface area contributed by atoms with Gasteiger partial charge in [-0.1, -0.05) is 25.3 Å². The Labute approximate surface area is 249 Å². The van der Waals surface area contributed by atoms with Gasteiger partial charge in [0.05, 0.1) is 5.69 Å². The summed E-state index contributed by atoms with van der Waals surface area (Å²) in [4.78, 5) is 33.8. The van der Waals surface area contributed by atoms with Crippen molar-refractivity contribution in [3.05, 3.63) is 102 Å². The second kappa shape index (κ2) is 11.4. The lowest BCUT2D eigenvalue weighted by Crippen LogP contribution is -2.14. The van der Waals surface area contributed by atoms with E-state index in [-0.39, 0.29) is 12.8 Å². The van der Waals surface area contributed by atoms with E-state index in [0.717, 1.165) is 88.7 Å². The number of rotatable bonds is 8. The van der Waals surface area contributed by atoms with E-state index in [1.165, 1.54) is 0 Å². The number of H-pyrrole nitrogens is 3. The number of fused-ring (bicyclic) bond motifs is 8. The fraction of sp³-hybridized carbons (Fsp3) is 0.257. The van der Waals surface area contributed by atoms with Gasteiger partial charge in [0.15, 0.2) is 0 Å². The van der Waals surface area contributed by atoms with Crippen molar-refractivity contribution >= 4 is 48.4 Å². The molecule has 0 saturated heterocycles. The van der Waals surface area contributed by atoms with Crippen LogP contribution in [0.3, 0.4) is 0 Å². The van der Waals surface area contributed by atoms with Crippen LogP contribution < -0.4 is 21.4 Å². The molecule has 0 amide bonds. The van der Waals surface area contributed by atoms with Crippen LogP contribution in [0.5, 0.6) is 0 Å². The van der Waals surface area contributed by atoms with Gasteiger partial charge in [0, 0.05) is 69.5 Å². The van der Waals surface area contributed by atoms with Gasteiger partial charge in [0.2, 0.25) is 0 Å². The van der Waals surface area contributed by atoms with E-state index in [1.54, 1.807) is 0 Å². The smallest absolute Gasteiger partial charge is 0.303 e. The number of nitrogens with zero attached hydrogens (tertiary/aromatic N) is 1. The summed E-state index contributed by atoms with van der Waals surface area (Å²) in [6, 6.07) is 0. The molecule has 8 heteroatoms. The van der Waals surface area contributed by atoms with Crippen LogP contribution in [0.25, 0.3) is 36.5 Å². The Hall–Kier alpha value is -4.98. The molecular weight excluding hydrogens is 540 g/mol. The van der Waals surface area contributed by atoms with Crippen LogP contribution >= 0.6 is 0 Å². The van der Waals surface area contributed by atoms with Crippen LogP contribution in [-0.2, 0) is 29.5 Å². The zero-order valence-electron chi connectivity index (χ0n) is 25.4. The zero-order valence-corrected chi connectivity index (χ0v) is 25.4. The molecule has 1 aliphatic heterocycles. The first-order valence-corrected chi connectivity index (χ1v) is 14.4. The highest BCUT2D eigenvalue weighted by atomic mass is 16.4. The maximum Gasteiger partial charge on any atom is 0.303 e. The van der Waals surface area contributed by atoms with Crippen LogP contribution in [0.1, 0.15) is 80.1 Å². The van der Waals surface area contributed by atoms with Gasteiger partial charge in [-0.15, -0.1) is 0 Å². The molecule has 222 valence electrons. The molecule has 0 aliphatic carbocycles. The maximum atomic E-state index is 11.6. The second-order valence-corrected chi connectivity index (χ2v) is 11.2. The van der Waals surface area contributed by atoms with E-state index in [4.69, 9.17) is 0 Å². The molecule has 0 saturated carbocycles. The Morgan fingerprint density at radius 2 is 1.23 bits per heavy atom. The number of carboxylic acids is 2. The monoisotopic (exact) mass is 578 g/mol. The quantitative estimate of drug-likeness (QED) is 0.194. The summed E-state index contributed by atoms with van der Waals surface area (Å²) in [6.45, 7) is 16.3. The van der Waals surface area contributed by atoms with Crippen LogP contribution in [0, 0.1) is 27.7 Å². The summed E-state index contributed by atoms with van der Waals surface area (Å²) in [7, 11) is 2.04. The minimum atomic E-state index is -0.865. The predicted molar refractivity (Wildman–Crippen MR) is 172 cm³/mol. The Bertz CT molecular complexity index is 2070. The standard InChI is InChI=1S/C35H38N4O4/c1-8-22-18(3)28-17-33-23(9-2)21(6)32(39(33)7)16-27-20(5)25(11-13-35(42)43)31(38-27)15-30-24(10-12-34(40)41)19(4)26(36-30)14-29(22)37-28/h8-9,14-17,36-38H,1-2,10-13H2,3-7H3,(H,40,41)(H,42,43)/b26-14?,27-16-,28-17-,29-14-,30-15?,31-15-,32-16?,33-17?. The van der Waals surface area contributed by atoms with Gasteiger partial charge in [0.25, 0.3) is 0 Å². The molecule has 8 nitrogen and oxygen atoms in total. The third-order valence-corrected chi connectivity index (χ3v) is 8.78. The van der Waals surface area contributed by atoms with E-state index < -0.39 is 11.9 Å². The Balaban J connectivity index is 1.95. The Morgan fingerprint density at radius 3 is 1.86 bits per heavy atom. The number of hydrogen-bond donors (Lipinski definition) is 5. The molecule has 5 N–H and O–H groups in total. The van der Waals surface area contributed by atoms with E-state index in [0.29, 0.717) is 12.8 Å². The van der Waals surface area contributed by atoms with Gasteiger partial charge in [-0.05, 0) is 98.2 Å². The number of aromatic nitrogens is 4. The van der Waals surface area contributed by atoms with Crippen molar-refractivity contribution in [1.29, 1.82) is 0 Å². The van der Waals surface area contributed by atoms with Crippen molar-refractivity contribution in [3.63, 3.8) is 0 Å². The van der Waals surface area contributed by atoms with Crippen LogP contribution in [0.2, 0.25) is 0 Å². The number of hydrogen-bond acceptors (Lipinski definition) is 2. The zero-order chi connectivity index (χ0) is 31.2. The van der Waals surface area contributed by atoms with E-state index >= 15 is 0 Å². The second-order valence-electron chi connectivity index (χ2n) is 11.2. The minimum Gasteiger partial charge on any atom is -0.481 e. The third-order valence-electron chi connectivity index (χ3n) is 8.78. The van der Waals surface area contributed by atoms with Gasteiger partial charge in [-0.2, -0.15) is 0 Å². The molecule has 0 fully saturated rings. The van der Waals surface area contributed by atoms with E-state index in [2.05, 4.69) is 58.7 Å². The molecule has 5 rings (SSSR count). The molecule has 43 heavy (non-hydrogen) atoms. The van der Waals surface area contributed by atoms with E-state index in [9.17, 15) is 19.8 Å². The highest BCUT2D eigenvalue weighted by Crippen LogP contribution is 2.25. The summed E-state index contributed by atoms with van der Waals surface area (Å²) in [5.41, 5.74) is 11.6. The lowest BCUT2D eigenvalue weighted by atomic mass is 10.0. The lowest BCUT2D eigenvalue weighted by molar-refractivity contribution is -0.138. The van der Waals surface area contributed by atoms with Crippen molar-refractivity contribution in [2.45, 2.75) is 53.4 Å². The predicted octanol–water partition coefficient (Wildman–Crippen LogP) is 3.19. The van der Waals surface area contributed by atoms with E-state index in [1.807, 2.05) is 45.2 Å². The van der Waals surface area contributed by atoms with Crippen molar-refractivity contribution < 1.29 is 19.8 Å². The number of nitrogens with one attached hydrogen (secondary N) is 3. The van der Waals surface area contributed by atoms with Gasteiger partial charge in [0.1, 0.15) is 0 Å². The molecule has 1 aliphatic rings. The average molecular weight is 579 g/mol. The molecule has 5 heterocycles. The number of aliphatic carboxylic acids is 2. The minimum absolute atomic E-state index is 0.00482. The first-order chi connectivity index (χ1) is 20.4. The van der Waals surface area contributed by atoms with Crippen LogP contribution in [0.15, 0.2) is 13.2 Å². The summed E-state index contributed by atoms with van der Waals surface area (Å²) >= 11 is 0. The molecule has 0 unspecified atom stereocenters. The fourth-order valence-corrected chi connectivity index (χ4v) is 6.27. The first kappa shape index (κ1) is 29.5. The topological polar surface area (TPSA) is 127 Å². The molecule has 8 bridgehead atoms. The molecule has 0 spiro atoms. The Morgan fingerprint density at radius 1 is 0.674 bits per heavy atom. The number of carboxylic acid groups (broad SMARTS) is 2. The maximum absolute atomic E-state index is 11.6. The molecule has 0 atom stereocenters. The van der Waals surface area contributed by atoms with Gasteiger partial charge in [-0.3, -0.25) is 9.59 Å². The first-order valence-electron chi connectivity index (χ1n) is 14.4. The molecule has 4 aromatic heterocycles. The fourth-order valence-electron chi connectivity index (χ4n) is 6.27. The van der Waals surface area contributed by atoms with Crippen LogP contribution in [0.4, 0.5) is 0 Å². The van der Waals surface area contributed by atoms with Gasteiger partial charge >= 0.3 is 11.9 Å². The molecular formula is C35H38N4O4. The summed E-state index contributed by atoms with van der Waals surface area (Å²) in [5.74, 6) is -1.73. The van der Waals surface area contributed by atoms with Gasteiger partial charge in [-0.25, -0.2) is 0 Å². The van der Waals surface area contributed by atoms with Crippen molar-refractivity contribution in [1.82, 2.24) is 19.5 Å². The summed E-state index contributed by atoms with van der Waals surface area (Å²) < 4.78 is 2.15. The number of carbonyl (C=O) groups is 2. The number of aromatic amines is 3. The van der Waals surface area contributed by atoms with Crippen LogP contribution in [-0.4, -0.2) is 41.7 Å². The average Bonchev–Trinajstić information content (AvgIpc) is 3.59. The normalized spacial score (nSPS) is 15.3. The third kappa shape index (κ3) is 5.25. The van der Waals surface area contributed by atoms with Gasteiger partial charge < -0.3 is 29.7 Å². The van der Waals surface area contributed by atoms with Crippen molar-refractivity contribution in [2.75, 3.05) is 0 Å². The molecule has 0 aromatic carbocycles. The highest BCUT2D eigenvalue weighted by molar-refractivity contribution is 5.73. The summed E-state index contributed by atoms with van der Waals surface area (Å²) in [6.07, 6.45) is 12.7. The SMILES string of the molecule is C=Cc1c(C)c2n(C)c1/C=c1\[nH]/c(c(C=C)c1C)=C\c1[nH]c(c(CCC(=O)O)c1C)/C=c1\[nH]/c(c(C)c1CCC(=O)O)=C\2. The Kier molecular flexibility index (Phi) is 7.80.